The van der Waals surface area contributed by atoms with Gasteiger partial charge in [0.15, 0.2) is 0 Å². The van der Waals surface area contributed by atoms with Crippen molar-refractivity contribution in [2.24, 2.45) is 11.8 Å². The smallest absolute Gasteiger partial charge is 0.253 e. The number of piperidine rings is 1. The molecule has 1 aliphatic rings. The summed E-state index contributed by atoms with van der Waals surface area (Å²) in [6.07, 6.45) is 1.66. The number of nitrogens with one attached hydrogen (secondary N) is 2. The van der Waals surface area contributed by atoms with Crippen LogP contribution in [0.25, 0.3) is 0 Å². The van der Waals surface area contributed by atoms with Crippen LogP contribution in [0.1, 0.15) is 43.5 Å². The van der Waals surface area contributed by atoms with Gasteiger partial charge in [0.05, 0.1) is 6.61 Å². The van der Waals surface area contributed by atoms with E-state index in [1.807, 2.05) is 13.8 Å². The summed E-state index contributed by atoms with van der Waals surface area (Å²) in [6.45, 7) is 5.80. The normalized spacial score (nSPS) is 15.7. The van der Waals surface area contributed by atoms with Crippen LogP contribution < -0.4 is 10.6 Å². The molecule has 1 aliphatic heterocycles. The highest BCUT2D eigenvalue weighted by Gasteiger charge is 2.34. The van der Waals surface area contributed by atoms with Gasteiger partial charge in [-0.3, -0.25) is 14.4 Å². The summed E-state index contributed by atoms with van der Waals surface area (Å²) < 4.78 is 4.99. The van der Waals surface area contributed by atoms with Gasteiger partial charge >= 0.3 is 0 Å². The van der Waals surface area contributed by atoms with Crippen LogP contribution in [0.3, 0.4) is 0 Å². The highest BCUT2D eigenvalue weighted by Crippen LogP contribution is 2.23. The van der Waals surface area contributed by atoms with Crippen molar-refractivity contribution in [3.05, 3.63) is 34.9 Å². The van der Waals surface area contributed by atoms with Crippen LogP contribution in [0.2, 0.25) is 5.02 Å². The third kappa shape index (κ3) is 7.29. The number of likely N-dealkylation sites (tertiary alicyclic amines) is 1. The molecule has 166 valence electrons. The molecule has 2 rings (SSSR count). The first-order valence-corrected chi connectivity index (χ1v) is 10.8. The van der Waals surface area contributed by atoms with E-state index in [9.17, 15) is 14.4 Å². The fourth-order valence-electron chi connectivity index (χ4n) is 3.60. The molecule has 1 aromatic rings. The van der Waals surface area contributed by atoms with Gasteiger partial charge in [0.1, 0.15) is 6.04 Å². The Hall–Kier alpha value is -2.12. The maximum Gasteiger partial charge on any atom is 0.253 e. The van der Waals surface area contributed by atoms with E-state index in [4.69, 9.17) is 16.3 Å². The number of carbonyl (C=O) groups excluding carboxylic acids is 3. The first-order valence-electron chi connectivity index (χ1n) is 10.4. The van der Waals surface area contributed by atoms with E-state index < -0.39 is 6.04 Å². The van der Waals surface area contributed by atoms with Crippen molar-refractivity contribution in [3.63, 3.8) is 0 Å². The molecule has 7 nitrogen and oxygen atoms in total. The molecule has 1 saturated heterocycles. The van der Waals surface area contributed by atoms with Gasteiger partial charge in [0.25, 0.3) is 5.91 Å². The average molecular weight is 438 g/mol. The second kappa shape index (κ2) is 11.9. The first-order chi connectivity index (χ1) is 14.3. The standard InChI is InChI=1S/C22H32ClN3O4/c1-15(2)14-19(27)25-20(21(28)24-10-13-30-3)16-8-11-26(12-9-16)22(29)17-4-6-18(23)7-5-17/h4-7,15-16,20H,8-14H2,1-3H3,(H,24,28)(H,25,27)/t20-/m0/s1. The minimum atomic E-state index is -0.610. The van der Waals surface area contributed by atoms with E-state index in [0.717, 1.165) is 0 Å². The number of ether oxygens (including phenoxy) is 1. The summed E-state index contributed by atoms with van der Waals surface area (Å²) in [5.41, 5.74) is 0.594. The minimum absolute atomic E-state index is 0.0297. The number of carbonyl (C=O) groups is 3. The molecule has 3 amide bonds. The number of benzene rings is 1. The summed E-state index contributed by atoms with van der Waals surface area (Å²) in [6, 6.07) is 6.23. The number of amides is 3. The summed E-state index contributed by atoms with van der Waals surface area (Å²) in [5, 5.41) is 6.34. The van der Waals surface area contributed by atoms with E-state index in [0.29, 0.717) is 56.1 Å². The van der Waals surface area contributed by atoms with E-state index >= 15 is 0 Å². The quantitative estimate of drug-likeness (QED) is 0.581. The summed E-state index contributed by atoms with van der Waals surface area (Å²) >= 11 is 5.90. The van der Waals surface area contributed by atoms with Gasteiger partial charge in [-0.05, 0) is 48.9 Å². The fourth-order valence-corrected chi connectivity index (χ4v) is 3.72. The molecule has 0 bridgehead atoms. The molecule has 0 radical (unpaired) electrons. The summed E-state index contributed by atoms with van der Waals surface area (Å²) in [7, 11) is 1.57. The van der Waals surface area contributed by atoms with Gasteiger partial charge < -0.3 is 20.3 Å². The summed E-state index contributed by atoms with van der Waals surface area (Å²) in [5.74, 6) is -0.197. The van der Waals surface area contributed by atoms with Crippen molar-refractivity contribution in [2.45, 2.75) is 39.2 Å². The highest BCUT2D eigenvalue weighted by atomic mass is 35.5. The Morgan fingerprint density at radius 3 is 2.37 bits per heavy atom. The third-order valence-corrected chi connectivity index (χ3v) is 5.44. The fraction of sp³-hybridized carbons (Fsp3) is 0.591. The van der Waals surface area contributed by atoms with Crippen molar-refractivity contribution in [1.29, 1.82) is 0 Å². The molecule has 0 saturated carbocycles. The maximum atomic E-state index is 12.7. The molecule has 0 aliphatic carbocycles. The lowest BCUT2D eigenvalue weighted by Crippen LogP contribution is -2.54. The molecular weight excluding hydrogens is 406 g/mol. The maximum absolute atomic E-state index is 12.7. The molecule has 0 spiro atoms. The van der Waals surface area contributed by atoms with Crippen molar-refractivity contribution in [1.82, 2.24) is 15.5 Å². The molecule has 1 aromatic carbocycles. The second-order valence-corrected chi connectivity index (χ2v) is 8.50. The lowest BCUT2D eigenvalue weighted by molar-refractivity contribution is -0.131. The Bertz CT molecular complexity index is 716. The summed E-state index contributed by atoms with van der Waals surface area (Å²) in [4.78, 5) is 39.6. The SMILES string of the molecule is COCCNC(=O)[C@@H](NC(=O)CC(C)C)C1CCN(C(=O)c2ccc(Cl)cc2)CC1. The zero-order valence-electron chi connectivity index (χ0n) is 17.9. The molecule has 8 heteroatoms. The van der Waals surface area contributed by atoms with Crippen LogP contribution in [0.5, 0.6) is 0 Å². The Morgan fingerprint density at radius 1 is 1.17 bits per heavy atom. The number of rotatable bonds is 9. The van der Waals surface area contributed by atoms with Crippen molar-refractivity contribution in [2.75, 3.05) is 33.4 Å². The zero-order chi connectivity index (χ0) is 22.1. The van der Waals surface area contributed by atoms with Crippen LogP contribution in [0.4, 0.5) is 0 Å². The van der Waals surface area contributed by atoms with Gasteiger partial charge in [-0.1, -0.05) is 25.4 Å². The largest absolute Gasteiger partial charge is 0.383 e. The van der Waals surface area contributed by atoms with E-state index in [2.05, 4.69) is 10.6 Å². The predicted molar refractivity (Wildman–Crippen MR) is 116 cm³/mol. The molecule has 2 N–H and O–H groups in total. The Morgan fingerprint density at radius 2 is 1.80 bits per heavy atom. The number of hydrogen-bond donors (Lipinski definition) is 2. The predicted octanol–water partition coefficient (Wildman–Crippen LogP) is 2.49. The monoisotopic (exact) mass is 437 g/mol. The zero-order valence-corrected chi connectivity index (χ0v) is 18.7. The van der Waals surface area contributed by atoms with Gasteiger partial charge in [0.2, 0.25) is 11.8 Å². The lowest BCUT2D eigenvalue weighted by Gasteiger charge is -2.36. The average Bonchev–Trinajstić information content (AvgIpc) is 2.72. The number of hydrogen-bond acceptors (Lipinski definition) is 4. The Kier molecular flexibility index (Phi) is 9.59. The highest BCUT2D eigenvalue weighted by molar-refractivity contribution is 6.30. The van der Waals surface area contributed by atoms with Crippen LogP contribution in [0, 0.1) is 11.8 Å². The van der Waals surface area contributed by atoms with Crippen LogP contribution in [0.15, 0.2) is 24.3 Å². The van der Waals surface area contributed by atoms with Crippen molar-refractivity contribution < 1.29 is 19.1 Å². The number of halogens is 1. The molecule has 0 aromatic heterocycles. The van der Waals surface area contributed by atoms with Gasteiger partial charge in [-0.2, -0.15) is 0 Å². The van der Waals surface area contributed by atoms with E-state index in [1.54, 1.807) is 36.3 Å². The molecule has 0 unspecified atom stereocenters. The molecular formula is C22H32ClN3O4. The molecule has 1 heterocycles. The van der Waals surface area contributed by atoms with Crippen molar-refractivity contribution >= 4 is 29.3 Å². The third-order valence-electron chi connectivity index (χ3n) is 5.19. The Labute approximate surface area is 183 Å². The molecule has 1 fully saturated rings. The second-order valence-electron chi connectivity index (χ2n) is 8.06. The first kappa shape index (κ1) is 24.2. The molecule has 1 atom stereocenters. The van der Waals surface area contributed by atoms with E-state index in [1.165, 1.54) is 0 Å². The number of methoxy groups -OCH3 is 1. The van der Waals surface area contributed by atoms with Gasteiger partial charge in [-0.15, -0.1) is 0 Å². The van der Waals surface area contributed by atoms with Crippen LogP contribution in [-0.2, 0) is 14.3 Å². The molecule has 30 heavy (non-hydrogen) atoms. The van der Waals surface area contributed by atoms with Gasteiger partial charge in [0, 0.05) is 43.8 Å². The van der Waals surface area contributed by atoms with Crippen LogP contribution in [-0.4, -0.2) is 62.0 Å². The Balaban J connectivity index is 1.99. The topological polar surface area (TPSA) is 87.7 Å². The minimum Gasteiger partial charge on any atom is -0.383 e. The number of nitrogens with zero attached hydrogens (tertiary/aromatic N) is 1. The van der Waals surface area contributed by atoms with Gasteiger partial charge in [-0.25, -0.2) is 0 Å². The van der Waals surface area contributed by atoms with Crippen molar-refractivity contribution in [3.8, 4) is 0 Å². The van der Waals surface area contributed by atoms with E-state index in [-0.39, 0.29) is 29.6 Å². The van der Waals surface area contributed by atoms with Crippen LogP contribution >= 0.6 is 11.6 Å². The lowest BCUT2D eigenvalue weighted by atomic mass is 9.88.